The van der Waals surface area contributed by atoms with Crippen LogP contribution in [-0.2, 0) is 14.3 Å². The molecule has 124 valence electrons. The van der Waals surface area contributed by atoms with Crippen LogP contribution in [0.1, 0.15) is 65.2 Å². The first-order valence-corrected chi connectivity index (χ1v) is 9.98. The highest BCUT2D eigenvalue weighted by Gasteiger charge is 2.53. The van der Waals surface area contributed by atoms with Gasteiger partial charge in [0.15, 0.2) is 5.60 Å². The molecule has 0 amide bonds. The van der Waals surface area contributed by atoms with E-state index in [2.05, 4.69) is 38.8 Å². The van der Waals surface area contributed by atoms with Gasteiger partial charge in [-0.15, -0.1) is 0 Å². The lowest BCUT2D eigenvalue weighted by molar-refractivity contribution is -0.149. The maximum atomic E-state index is 11.8. The third kappa shape index (κ3) is 7.00. The summed E-state index contributed by atoms with van der Waals surface area (Å²) in [4.78, 5) is 12.7. The fraction of sp³-hybridized carbons (Fsp3) is 0.938. The second-order valence-electron chi connectivity index (χ2n) is 5.78. The Bertz CT molecular complexity index is 306. The minimum atomic E-state index is -0.619. The molecule has 1 rings (SSSR count). The average Bonchev–Trinajstić information content (AvgIpc) is 3.24. The van der Waals surface area contributed by atoms with Crippen molar-refractivity contribution in [3.05, 3.63) is 0 Å². The summed E-state index contributed by atoms with van der Waals surface area (Å²) in [5.41, 5.74) is -0.619. The van der Waals surface area contributed by atoms with Crippen molar-refractivity contribution < 1.29 is 14.3 Å². The minimum Gasteiger partial charge on any atom is -0.464 e. The fourth-order valence-electron chi connectivity index (χ4n) is 2.42. The van der Waals surface area contributed by atoms with Gasteiger partial charge in [-0.25, -0.2) is 4.79 Å². The van der Waals surface area contributed by atoms with Crippen molar-refractivity contribution in [1.29, 1.82) is 0 Å². The van der Waals surface area contributed by atoms with Gasteiger partial charge in [0.05, 0.1) is 13.2 Å². The van der Waals surface area contributed by atoms with Crippen LogP contribution in [0, 0.1) is 0 Å². The van der Waals surface area contributed by atoms with Gasteiger partial charge < -0.3 is 9.47 Å². The van der Waals surface area contributed by atoms with Crippen molar-refractivity contribution in [2.75, 3.05) is 13.2 Å². The molecule has 1 fully saturated rings. The lowest BCUT2D eigenvalue weighted by Crippen LogP contribution is -2.27. The smallest absolute Gasteiger partial charge is 0.340 e. The molecule has 0 aliphatic carbocycles. The van der Waals surface area contributed by atoms with Crippen molar-refractivity contribution in [1.82, 2.24) is 0 Å². The first-order chi connectivity index (χ1) is 10.1. The highest BCUT2D eigenvalue weighted by Crippen LogP contribution is 2.35. The van der Waals surface area contributed by atoms with Crippen LogP contribution >= 0.6 is 31.9 Å². The summed E-state index contributed by atoms with van der Waals surface area (Å²) in [6, 6.07) is 0. The molecule has 0 aromatic rings. The number of hydrogen-bond acceptors (Lipinski definition) is 3. The van der Waals surface area contributed by atoms with Gasteiger partial charge in [-0.1, -0.05) is 64.5 Å². The van der Waals surface area contributed by atoms with Crippen LogP contribution in [0.4, 0.5) is 0 Å². The predicted molar refractivity (Wildman–Crippen MR) is 93.4 cm³/mol. The zero-order valence-corrected chi connectivity index (χ0v) is 16.4. The quantitative estimate of drug-likeness (QED) is 0.190. The van der Waals surface area contributed by atoms with Gasteiger partial charge in [-0.05, 0) is 32.6 Å². The molecule has 3 atom stereocenters. The van der Waals surface area contributed by atoms with E-state index in [0.717, 1.165) is 19.3 Å². The van der Waals surface area contributed by atoms with Crippen LogP contribution in [0.2, 0.25) is 0 Å². The van der Waals surface area contributed by atoms with Crippen LogP contribution in [0.25, 0.3) is 0 Å². The Kier molecular flexibility index (Phi) is 9.46. The minimum absolute atomic E-state index is 0.189. The normalized spacial score (nSPS) is 23.6. The summed E-state index contributed by atoms with van der Waals surface area (Å²) in [5.74, 6) is -0.189. The summed E-state index contributed by atoms with van der Waals surface area (Å²) in [7, 11) is 0. The second kappa shape index (κ2) is 10.2. The standard InChI is InChI=1S/C16H28Br2O3/c1-3-5-6-7-9-13(17)14(18)10-8-11-16(12-21-16)15(19)20-4-2/h13-14H,3-12H2,1-2H3. The van der Waals surface area contributed by atoms with Gasteiger partial charge in [0.2, 0.25) is 0 Å². The van der Waals surface area contributed by atoms with Crippen molar-refractivity contribution >= 4 is 37.8 Å². The molecule has 3 unspecified atom stereocenters. The van der Waals surface area contributed by atoms with E-state index in [1.165, 1.54) is 32.1 Å². The molecule has 1 aliphatic heterocycles. The van der Waals surface area contributed by atoms with Crippen LogP contribution in [-0.4, -0.2) is 34.4 Å². The lowest BCUT2D eigenvalue weighted by atomic mass is 10.0. The molecule has 0 bridgehead atoms. The SMILES string of the molecule is CCCCCCC(Br)C(Br)CCCC1(C(=O)OCC)CO1. The van der Waals surface area contributed by atoms with Crippen LogP contribution in [0.5, 0.6) is 0 Å². The summed E-state index contributed by atoms with van der Waals surface area (Å²) in [6.45, 7) is 5.01. The molecule has 21 heavy (non-hydrogen) atoms. The number of unbranched alkanes of at least 4 members (excludes halogenated alkanes) is 3. The predicted octanol–water partition coefficient (Wildman–Crippen LogP) is 4.99. The first kappa shape index (κ1) is 19.4. The number of alkyl halides is 2. The second-order valence-corrected chi connectivity index (χ2v) is 8.13. The van der Waals surface area contributed by atoms with Gasteiger partial charge in [0, 0.05) is 9.65 Å². The summed E-state index contributed by atoms with van der Waals surface area (Å²) in [5, 5.41) is 0. The zero-order valence-electron chi connectivity index (χ0n) is 13.2. The Morgan fingerprint density at radius 1 is 1.14 bits per heavy atom. The third-order valence-electron chi connectivity index (χ3n) is 3.93. The van der Waals surface area contributed by atoms with Crippen molar-refractivity contribution in [3.8, 4) is 0 Å². The molecule has 0 radical (unpaired) electrons. The number of esters is 1. The average molecular weight is 428 g/mol. The molecule has 0 N–H and O–H groups in total. The largest absolute Gasteiger partial charge is 0.464 e. The first-order valence-electron chi connectivity index (χ1n) is 8.15. The van der Waals surface area contributed by atoms with E-state index in [4.69, 9.17) is 9.47 Å². The number of carbonyl (C=O) groups excluding carboxylic acids is 1. The highest BCUT2D eigenvalue weighted by atomic mass is 79.9. The molecular formula is C16H28Br2O3. The topological polar surface area (TPSA) is 38.8 Å². The monoisotopic (exact) mass is 426 g/mol. The summed E-state index contributed by atoms with van der Waals surface area (Å²) in [6.07, 6.45) is 9.20. The summed E-state index contributed by atoms with van der Waals surface area (Å²) < 4.78 is 10.4. The lowest BCUT2D eigenvalue weighted by Gasteiger charge is -2.17. The van der Waals surface area contributed by atoms with Gasteiger partial charge in [0.1, 0.15) is 0 Å². The molecule has 5 heteroatoms. The van der Waals surface area contributed by atoms with Crippen molar-refractivity contribution in [3.63, 3.8) is 0 Å². The molecule has 1 heterocycles. The van der Waals surface area contributed by atoms with Gasteiger partial charge in [-0.2, -0.15) is 0 Å². The highest BCUT2D eigenvalue weighted by molar-refractivity contribution is 9.12. The van der Waals surface area contributed by atoms with Gasteiger partial charge in [0.25, 0.3) is 0 Å². The van der Waals surface area contributed by atoms with Crippen molar-refractivity contribution in [2.24, 2.45) is 0 Å². The number of hydrogen-bond donors (Lipinski definition) is 0. The third-order valence-corrected chi connectivity index (χ3v) is 6.83. The Hall–Kier alpha value is 0.390. The number of rotatable bonds is 12. The number of halogens is 2. The van der Waals surface area contributed by atoms with E-state index in [9.17, 15) is 4.79 Å². The number of carbonyl (C=O) groups is 1. The van der Waals surface area contributed by atoms with Gasteiger partial charge in [-0.3, -0.25) is 0 Å². The Morgan fingerprint density at radius 2 is 1.76 bits per heavy atom. The van der Waals surface area contributed by atoms with E-state index in [-0.39, 0.29) is 5.97 Å². The molecule has 3 nitrogen and oxygen atoms in total. The zero-order chi connectivity index (χ0) is 15.7. The van der Waals surface area contributed by atoms with Crippen LogP contribution in [0.15, 0.2) is 0 Å². The maximum absolute atomic E-state index is 11.8. The Morgan fingerprint density at radius 3 is 2.29 bits per heavy atom. The molecular weight excluding hydrogens is 400 g/mol. The fourth-order valence-corrected chi connectivity index (χ4v) is 3.60. The molecule has 0 saturated carbocycles. The van der Waals surface area contributed by atoms with Gasteiger partial charge >= 0.3 is 5.97 Å². The van der Waals surface area contributed by atoms with E-state index in [1.54, 1.807) is 0 Å². The molecule has 1 saturated heterocycles. The molecule has 0 aromatic heterocycles. The summed E-state index contributed by atoms with van der Waals surface area (Å²) >= 11 is 7.54. The van der Waals surface area contributed by atoms with E-state index >= 15 is 0 Å². The van der Waals surface area contributed by atoms with Crippen LogP contribution in [0.3, 0.4) is 0 Å². The van der Waals surface area contributed by atoms with Crippen molar-refractivity contribution in [2.45, 2.75) is 80.5 Å². The molecule has 0 aromatic carbocycles. The Balaban J connectivity index is 2.15. The van der Waals surface area contributed by atoms with E-state index in [1.807, 2.05) is 6.92 Å². The van der Waals surface area contributed by atoms with Crippen LogP contribution < -0.4 is 0 Å². The number of epoxide rings is 1. The Labute approximate surface area is 145 Å². The molecule has 0 spiro atoms. The molecule has 1 aliphatic rings. The van der Waals surface area contributed by atoms with E-state index < -0.39 is 5.60 Å². The maximum Gasteiger partial charge on any atom is 0.340 e. The number of ether oxygens (including phenoxy) is 2. The van der Waals surface area contributed by atoms with E-state index in [0.29, 0.717) is 22.9 Å².